The van der Waals surface area contributed by atoms with E-state index in [0.29, 0.717) is 37.7 Å². The Morgan fingerprint density at radius 3 is 2.60 bits per heavy atom. The summed E-state index contributed by atoms with van der Waals surface area (Å²) >= 11 is 0. The molecule has 0 aromatic heterocycles. The number of amides is 2. The van der Waals surface area contributed by atoms with Crippen molar-refractivity contribution in [2.45, 2.75) is 6.42 Å². The summed E-state index contributed by atoms with van der Waals surface area (Å²) < 4.78 is 28.9. The van der Waals surface area contributed by atoms with Crippen molar-refractivity contribution in [3.05, 3.63) is 59.4 Å². The number of esters is 1. The van der Waals surface area contributed by atoms with Crippen LogP contribution in [0.25, 0.3) is 0 Å². The summed E-state index contributed by atoms with van der Waals surface area (Å²) in [6.07, 6.45) is 0.569. The Bertz CT molecular complexity index is 933. The number of rotatable bonds is 8. The second kappa shape index (κ2) is 10.2. The van der Waals surface area contributed by atoms with Crippen LogP contribution in [0.3, 0.4) is 0 Å². The Balaban J connectivity index is 1.32. The molecule has 1 aliphatic heterocycles. The molecule has 0 spiro atoms. The predicted molar refractivity (Wildman–Crippen MR) is 104 cm³/mol. The van der Waals surface area contributed by atoms with Crippen LogP contribution in [-0.2, 0) is 20.7 Å². The van der Waals surface area contributed by atoms with E-state index < -0.39 is 36.8 Å². The summed E-state index contributed by atoms with van der Waals surface area (Å²) in [5, 5.41) is 4.95. The fourth-order valence-electron chi connectivity index (χ4n) is 2.72. The molecule has 0 unspecified atom stereocenters. The smallest absolute Gasteiger partial charge is 0.325 e. The zero-order valence-corrected chi connectivity index (χ0v) is 16.1. The first kappa shape index (κ1) is 21.1. The van der Waals surface area contributed by atoms with E-state index in [2.05, 4.69) is 10.6 Å². The number of hydrogen-bond donors (Lipinski definition) is 2. The third-order valence-corrected chi connectivity index (χ3v) is 4.19. The van der Waals surface area contributed by atoms with Gasteiger partial charge in [-0.25, -0.2) is 4.39 Å². The van der Waals surface area contributed by atoms with Crippen LogP contribution in [0.4, 0.5) is 4.39 Å². The van der Waals surface area contributed by atoms with Crippen LogP contribution in [0.2, 0.25) is 0 Å². The van der Waals surface area contributed by atoms with Gasteiger partial charge in [-0.1, -0.05) is 12.1 Å². The topological polar surface area (TPSA) is 103 Å². The van der Waals surface area contributed by atoms with Crippen LogP contribution in [0.1, 0.15) is 15.9 Å². The summed E-state index contributed by atoms with van der Waals surface area (Å²) in [4.78, 5) is 35.3. The van der Waals surface area contributed by atoms with Gasteiger partial charge in [0, 0.05) is 12.1 Å². The standard InChI is InChI=1S/C21H21FN2O6/c22-16-3-1-2-15(11-16)21(27)24-12-20(26)30-13-19(25)23-7-6-14-4-5-17-18(10-14)29-9-8-28-17/h1-5,10-11H,6-9,12-13H2,(H,23,25)(H,24,27). The quantitative estimate of drug-likeness (QED) is 0.628. The molecule has 158 valence electrons. The molecule has 2 aromatic rings. The average Bonchev–Trinajstić information content (AvgIpc) is 2.76. The Labute approximate surface area is 172 Å². The van der Waals surface area contributed by atoms with Crippen LogP contribution < -0.4 is 20.1 Å². The molecule has 0 radical (unpaired) electrons. The first-order valence-electron chi connectivity index (χ1n) is 9.36. The molecule has 1 aliphatic rings. The van der Waals surface area contributed by atoms with Crippen LogP contribution in [0, 0.1) is 5.82 Å². The number of carbonyl (C=O) groups excluding carboxylic acids is 3. The van der Waals surface area contributed by atoms with Gasteiger partial charge >= 0.3 is 5.97 Å². The number of carbonyl (C=O) groups is 3. The van der Waals surface area contributed by atoms with Crippen LogP contribution in [0.15, 0.2) is 42.5 Å². The van der Waals surface area contributed by atoms with Crippen molar-refractivity contribution in [1.29, 1.82) is 0 Å². The molecule has 8 nitrogen and oxygen atoms in total. The van der Waals surface area contributed by atoms with Crippen LogP contribution in [0.5, 0.6) is 11.5 Å². The third kappa shape index (κ3) is 6.20. The number of benzene rings is 2. The molecule has 0 fully saturated rings. The lowest BCUT2D eigenvalue weighted by atomic mass is 10.1. The second-order valence-electron chi connectivity index (χ2n) is 6.43. The van der Waals surface area contributed by atoms with E-state index in [1.165, 1.54) is 18.2 Å². The maximum absolute atomic E-state index is 13.1. The molecule has 0 aliphatic carbocycles. The Morgan fingerprint density at radius 2 is 1.80 bits per heavy atom. The molecule has 0 saturated heterocycles. The molecule has 2 N–H and O–H groups in total. The van der Waals surface area contributed by atoms with Crippen molar-refractivity contribution in [2.24, 2.45) is 0 Å². The van der Waals surface area contributed by atoms with E-state index in [0.717, 1.165) is 11.6 Å². The van der Waals surface area contributed by atoms with Crippen molar-refractivity contribution >= 4 is 17.8 Å². The third-order valence-electron chi connectivity index (χ3n) is 4.19. The van der Waals surface area contributed by atoms with E-state index in [-0.39, 0.29) is 5.56 Å². The number of fused-ring (bicyclic) bond motifs is 1. The lowest BCUT2D eigenvalue weighted by molar-refractivity contribution is -0.147. The number of halogens is 1. The first-order valence-corrected chi connectivity index (χ1v) is 9.36. The van der Waals surface area contributed by atoms with Crippen LogP contribution >= 0.6 is 0 Å². The van der Waals surface area contributed by atoms with Crippen LogP contribution in [-0.4, -0.2) is 50.7 Å². The van der Waals surface area contributed by atoms with E-state index in [1.54, 1.807) is 0 Å². The SMILES string of the molecule is O=C(COC(=O)CNC(=O)c1cccc(F)c1)NCCc1ccc2c(c1)OCCO2. The zero-order valence-electron chi connectivity index (χ0n) is 16.1. The largest absolute Gasteiger partial charge is 0.486 e. The second-order valence-corrected chi connectivity index (χ2v) is 6.43. The first-order chi connectivity index (χ1) is 14.5. The molecule has 0 bridgehead atoms. The van der Waals surface area contributed by atoms with Crippen molar-refractivity contribution in [1.82, 2.24) is 10.6 Å². The maximum Gasteiger partial charge on any atom is 0.325 e. The van der Waals surface area contributed by atoms with Gasteiger partial charge in [0.05, 0.1) is 0 Å². The zero-order chi connectivity index (χ0) is 21.3. The monoisotopic (exact) mass is 416 g/mol. The lowest BCUT2D eigenvalue weighted by Gasteiger charge is -2.18. The van der Waals surface area contributed by atoms with Gasteiger partial charge in [-0.15, -0.1) is 0 Å². The van der Waals surface area contributed by atoms with E-state index in [4.69, 9.17) is 14.2 Å². The fourth-order valence-corrected chi connectivity index (χ4v) is 2.72. The minimum Gasteiger partial charge on any atom is -0.486 e. The lowest BCUT2D eigenvalue weighted by Crippen LogP contribution is -2.34. The minimum atomic E-state index is -0.776. The van der Waals surface area contributed by atoms with Crippen molar-refractivity contribution < 1.29 is 33.0 Å². The molecule has 30 heavy (non-hydrogen) atoms. The van der Waals surface area contributed by atoms with Gasteiger partial charge in [0.25, 0.3) is 11.8 Å². The Kier molecular flexibility index (Phi) is 7.20. The van der Waals surface area contributed by atoms with E-state index in [9.17, 15) is 18.8 Å². The van der Waals surface area contributed by atoms with Gasteiger partial charge in [0.2, 0.25) is 0 Å². The minimum absolute atomic E-state index is 0.0830. The fraction of sp³-hybridized carbons (Fsp3) is 0.286. The van der Waals surface area contributed by atoms with Gasteiger partial charge in [-0.05, 0) is 42.3 Å². The average molecular weight is 416 g/mol. The maximum atomic E-state index is 13.1. The molecule has 2 aromatic carbocycles. The highest BCUT2D eigenvalue weighted by Crippen LogP contribution is 2.30. The number of nitrogens with one attached hydrogen (secondary N) is 2. The molecule has 3 rings (SSSR count). The van der Waals surface area contributed by atoms with E-state index >= 15 is 0 Å². The molecule has 1 heterocycles. The summed E-state index contributed by atoms with van der Waals surface area (Å²) in [5.41, 5.74) is 1.05. The van der Waals surface area contributed by atoms with Gasteiger partial charge in [0.1, 0.15) is 25.6 Å². The van der Waals surface area contributed by atoms with Gasteiger partial charge < -0.3 is 24.8 Å². The predicted octanol–water partition coefficient (Wildman–Crippen LogP) is 1.23. The number of hydrogen-bond acceptors (Lipinski definition) is 6. The molecule has 0 saturated carbocycles. The molecular weight excluding hydrogens is 395 g/mol. The molecular formula is C21H21FN2O6. The highest BCUT2D eigenvalue weighted by atomic mass is 19.1. The highest BCUT2D eigenvalue weighted by Gasteiger charge is 2.13. The normalized spacial score (nSPS) is 12.0. The van der Waals surface area contributed by atoms with Gasteiger partial charge in [-0.2, -0.15) is 0 Å². The summed E-state index contributed by atoms with van der Waals surface area (Å²) in [6, 6.07) is 10.6. The van der Waals surface area contributed by atoms with Crippen molar-refractivity contribution in [3.8, 4) is 11.5 Å². The Hall–Kier alpha value is -3.62. The number of ether oxygens (including phenoxy) is 3. The summed E-state index contributed by atoms with van der Waals surface area (Å²) in [6.45, 7) is 0.485. The summed E-state index contributed by atoms with van der Waals surface area (Å²) in [7, 11) is 0. The molecule has 9 heteroatoms. The highest BCUT2D eigenvalue weighted by molar-refractivity contribution is 5.96. The Morgan fingerprint density at radius 1 is 1.00 bits per heavy atom. The van der Waals surface area contributed by atoms with Crippen molar-refractivity contribution in [3.63, 3.8) is 0 Å². The van der Waals surface area contributed by atoms with Crippen molar-refractivity contribution in [2.75, 3.05) is 32.9 Å². The van der Waals surface area contributed by atoms with Gasteiger partial charge in [0.15, 0.2) is 18.1 Å². The van der Waals surface area contributed by atoms with Gasteiger partial charge in [-0.3, -0.25) is 14.4 Å². The molecule has 0 atom stereocenters. The van der Waals surface area contributed by atoms with E-state index in [1.807, 2.05) is 18.2 Å². The molecule has 2 amide bonds. The summed E-state index contributed by atoms with van der Waals surface area (Å²) in [5.74, 6) is -1.03.